The number of hydrogen-bond acceptors (Lipinski definition) is 3. The number of fused-ring (bicyclic) bond motifs is 3. The van der Waals surface area contributed by atoms with Gasteiger partial charge in [0.2, 0.25) is 5.91 Å². The van der Waals surface area contributed by atoms with Gasteiger partial charge in [-0.2, -0.15) is 0 Å². The molecular formula is C21H19N3O2. The first-order valence-corrected chi connectivity index (χ1v) is 8.68. The van der Waals surface area contributed by atoms with E-state index in [-0.39, 0.29) is 18.4 Å². The van der Waals surface area contributed by atoms with Crippen molar-refractivity contribution in [3.05, 3.63) is 71.2 Å². The Morgan fingerprint density at radius 3 is 2.88 bits per heavy atom. The molecule has 130 valence electrons. The zero-order valence-corrected chi connectivity index (χ0v) is 14.3. The monoisotopic (exact) mass is 345 g/mol. The van der Waals surface area contributed by atoms with Crippen LogP contribution in [0.3, 0.4) is 0 Å². The SMILES string of the molecule is O=C1CC(c2ccc(C#CCCO)cc2)c2c(nc3ccccn23)CN1. The number of carbonyl (C=O) groups excluding carboxylic acids is 1. The maximum Gasteiger partial charge on any atom is 0.221 e. The van der Waals surface area contributed by atoms with Crippen LogP contribution in [0.25, 0.3) is 5.65 Å². The summed E-state index contributed by atoms with van der Waals surface area (Å²) in [5.74, 6) is 5.94. The molecule has 0 bridgehead atoms. The van der Waals surface area contributed by atoms with Crippen LogP contribution in [0.2, 0.25) is 0 Å². The summed E-state index contributed by atoms with van der Waals surface area (Å²) in [5.41, 5.74) is 4.85. The third-order valence-corrected chi connectivity index (χ3v) is 4.60. The van der Waals surface area contributed by atoms with Gasteiger partial charge in [0.25, 0.3) is 0 Å². The van der Waals surface area contributed by atoms with E-state index < -0.39 is 0 Å². The molecule has 0 saturated heterocycles. The van der Waals surface area contributed by atoms with Crippen molar-refractivity contribution in [3.63, 3.8) is 0 Å². The van der Waals surface area contributed by atoms with Gasteiger partial charge in [0.1, 0.15) is 5.65 Å². The average Bonchev–Trinajstić information content (AvgIpc) is 2.95. The van der Waals surface area contributed by atoms with E-state index in [9.17, 15) is 4.79 Å². The fourth-order valence-corrected chi connectivity index (χ4v) is 3.39. The van der Waals surface area contributed by atoms with E-state index in [2.05, 4.69) is 21.6 Å². The summed E-state index contributed by atoms with van der Waals surface area (Å²) < 4.78 is 2.08. The molecule has 0 fully saturated rings. The summed E-state index contributed by atoms with van der Waals surface area (Å²) in [4.78, 5) is 16.9. The number of amides is 1. The number of nitrogens with zero attached hydrogens (tertiary/aromatic N) is 2. The van der Waals surface area contributed by atoms with Crippen molar-refractivity contribution < 1.29 is 9.90 Å². The number of benzene rings is 1. The molecule has 26 heavy (non-hydrogen) atoms. The molecule has 1 aliphatic rings. The topological polar surface area (TPSA) is 66.6 Å². The lowest BCUT2D eigenvalue weighted by Crippen LogP contribution is -2.21. The Hall–Kier alpha value is -3.10. The summed E-state index contributed by atoms with van der Waals surface area (Å²) in [7, 11) is 0. The number of pyridine rings is 1. The molecule has 2 N–H and O–H groups in total. The maximum atomic E-state index is 12.2. The van der Waals surface area contributed by atoms with Crippen molar-refractivity contribution in [2.75, 3.05) is 6.61 Å². The molecule has 4 rings (SSSR count). The predicted octanol–water partition coefficient (Wildman–Crippen LogP) is 2.22. The molecule has 3 heterocycles. The molecule has 3 aromatic rings. The minimum Gasteiger partial charge on any atom is -0.395 e. The van der Waals surface area contributed by atoms with Crippen LogP contribution in [-0.2, 0) is 11.3 Å². The third-order valence-electron chi connectivity index (χ3n) is 4.60. The number of nitrogens with one attached hydrogen (secondary N) is 1. The zero-order valence-electron chi connectivity index (χ0n) is 14.3. The number of hydrogen-bond donors (Lipinski definition) is 2. The largest absolute Gasteiger partial charge is 0.395 e. The molecule has 5 heteroatoms. The summed E-state index contributed by atoms with van der Waals surface area (Å²) in [6, 6.07) is 13.9. The number of aliphatic hydroxyl groups excluding tert-OH is 1. The highest BCUT2D eigenvalue weighted by atomic mass is 16.2. The van der Waals surface area contributed by atoms with Crippen molar-refractivity contribution in [1.82, 2.24) is 14.7 Å². The van der Waals surface area contributed by atoms with Gasteiger partial charge in [0.15, 0.2) is 0 Å². The van der Waals surface area contributed by atoms with Crippen LogP contribution in [0.4, 0.5) is 0 Å². The van der Waals surface area contributed by atoms with E-state index >= 15 is 0 Å². The van der Waals surface area contributed by atoms with Gasteiger partial charge in [-0.1, -0.05) is 30.0 Å². The molecule has 1 atom stereocenters. The van der Waals surface area contributed by atoms with Crippen molar-refractivity contribution in [2.24, 2.45) is 0 Å². The molecule has 1 aliphatic heterocycles. The number of aromatic nitrogens is 2. The smallest absolute Gasteiger partial charge is 0.221 e. The van der Waals surface area contributed by atoms with Crippen molar-refractivity contribution in [1.29, 1.82) is 0 Å². The molecule has 2 aromatic heterocycles. The first-order valence-electron chi connectivity index (χ1n) is 8.68. The lowest BCUT2D eigenvalue weighted by molar-refractivity contribution is -0.121. The molecule has 1 aromatic carbocycles. The van der Waals surface area contributed by atoms with Crippen LogP contribution in [0.5, 0.6) is 0 Å². The molecule has 0 saturated carbocycles. The second-order valence-corrected chi connectivity index (χ2v) is 6.30. The number of imidazole rings is 1. The Bertz CT molecular complexity index is 1010. The van der Waals surface area contributed by atoms with Gasteiger partial charge in [-0.05, 0) is 29.8 Å². The molecule has 0 aliphatic carbocycles. The minimum atomic E-state index is -0.0515. The van der Waals surface area contributed by atoms with Crippen LogP contribution >= 0.6 is 0 Å². The Labute approximate surface area is 151 Å². The van der Waals surface area contributed by atoms with Crippen molar-refractivity contribution in [3.8, 4) is 11.8 Å². The van der Waals surface area contributed by atoms with Crippen LogP contribution < -0.4 is 5.32 Å². The summed E-state index contributed by atoms with van der Waals surface area (Å²) in [5, 5.41) is 11.8. The Morgan fingerprint density at radius 2 is 2.08 bits per heavy atom. The minimum absolute atomic E-state index is 0.0319. The standard InChI is InChI=1S/C21H19N3O2/c25-12-4-2-5-15-7-9-16(10-8-15)17-13-20(26)22-14-18-21(17)24-11-3-1-6-19(24)23-18/h1,3,6-11,17,25H,4,12-14H2,(H,22,26). The van der Waals surface area contributed by atoms with Crippen LogP contribution in [0.1, 0.15) is 41.3 Å². The van der Waals surface area contributed by atoms with E-state index in [0.29, 0.717) is 19.4 Å². The fourth-order valence-electron chi connectivity index (χ4n) is 3.39. The normalized spacial score (nSPS) is 16.3. The quantitative estimate of drug-likeness (QED) is 0.700. The van der Waals surface area contributed by atoms with Gasteiger partial charge in [-0.3, -0.25) is 4.79 Å². The highest BCUT2D eigenvalue weighted by Gasteiger charge is 2.28. The van der Waals surface area contributed by atoms with Gasteiger partial charge >= 0.3 is 0 Å². The molecule has 0 spiro atoms. The van der Waals surface area contributed by atoms with Crippen LogP contribution in [-0.4, -0.2) is 27.0 Å². The highest BCUT2D eigenvalue weighted by Crippen LogP contribution is 2.33. The number of rotatable bonds is 2. The maximum absolute atomic E-state index is 12.2. The zero-order chi connectivity index (χ0) is 17.9. The summed E-state index contributed by atoms with van der Waals surface area (Å²) in [6.45, 7) is 0.524. The molecule has 0 radical (unpaired) electrons. The lowest BCUT2D eigenvalue weighted by Gasteiger charge is -2.16. The van der Waals surface area contributed by atoms with Gasteiger partial charge in [0, 0.05) is 30.5 Å². The first-order chi connectivity index (χ1) is 12.8. The summed E-state index contributed by atoms with van der Waals surface area (Å²) >= 11 is 0. The van der Waals surface area contributed by atoms with Gasteiger partial charge in [-0.15, -0.1) is 0 Å². The van der Waals surface area contributed by atoms with E-state index in [1.54, 1.807) is 0 Å². The van der Waals surface area contributed by atoms with Gasteiger partial charge in [-0.25, -0.2) is 4.98 Å². The van der Waals surface area contributed by atoms with E-state index in [4.69, 9.17) is 10.1 Å². The second-order valence-electron chi connectivity index (χ2n) is 6.30. The van der Waals surface area contributed by atoms with Crippen LogP contribution in [0, 0.1) is 11.8 Å². The second kappa shape index (κ2) is 7.03. The lowest BCUT2D eigenvalue weighted by atomic mass is 9.91. The predicted molar refractivity (Wildman–Crippen MR) is 98.5 cm³/mol. The van der Waals surface area contributed by atoms with E-state index in [1.807, 2.05) is 48.7 Å². The number of aliphatic hydroxyl groups is 1. The Balaban J connectivity index is 1.76. The summed E-state index contributed by atoms with van der Waals surface area (Å²) in [6.07, 6.45) is 2.86. The third kappa shape index (κ3) is 3.07. The van der Waals surface area contributed by atoms with Crippen molar-refractivity contribution >= 4 is 11.6 Å². The van der Waals surface area contributed by atoms with Crippen molar-refractivity contribution in [2.45, 2.75) is 25.3 Å². The van der Waals surface area contributed by atoms with Gasteiger partial charge < -0.3 is 14.8 Å². The van der Waals surface area contributed by atoms with E-state index in [1.165, 1.54) is 0 Å². The molecular weight excluding hydrogens is 326 g/mol. The molecule has 1 unspecified atom stereocenters. The van der Waals surface area contributed by atoms with E-state index in [0.717, 1.165) is 28.2 Å². The molecule has 1 amide bonds. The Morgan fingerprint density at radius 1 is 1.23 bits per heavy atom. The van der Waals surface area contributed by atoms with Gasteiger partial charge in [0.05, 0.1) is 24.5 Å². The fraction of sp³-hybridized carbons (Fsp3) is 0.238. The molecule has 5 nitrogen and oxygen atoms in total. The first kappa shape index (κ1) is 16.4. The number of carbonyl (C=O) groups is 1. The highest BCUT2D eigenvalue weighted by molar-refractivity contribution is 5.78. The average molecular weight is 345 g/mol. The van der Waals surface area contributed by atoms with Crippen LogP contribution in [0.15, 0.2) is 48.7 Å². The Kier molecular flexibility index (Phi) is 4.42.